The van der Waals surface area contributed by atoms with Gasteiger partial charge in [-0.25, -0.2) is 0 Å². The Balaban J connectivity index is 1.45. The van der Waals surface area contributed by atoms with E-state index in [0.29, 0.717) is 12.1 Å². The van der Waals surface area contributed by atoms with Gasteiger partial charge in [0, 0.05) is 19.1 Å². The van der Waals surface area contributed by atoms with E-state index in [2.05, 4.69) is 4.90 Å². The van der Waals surface area contributed by atoms with Crippen molar-refractivity contribution >= 4 is 12.6 Å². The van der Waals surface area contributed by atoms with E-state index >= 15 is 0 Å². The Morgan fingerprint density at radius 2 is 2.00 bits per heavy atom. The number of benzene rings is 1. The summed E-state index contributed by atoms with van der Waals surface area (Å²) >= 11 is 0. The SMILES string of the molecule is OB(O)c1ccc(OCCN2CC3CCC2C3)cc1. The lowest BCUT2D eigenvalue weighted by Crippen LogP contribution is -2.35. The molecular formula is C14H20BNO3. The van der Waals surface area contributed by atoms with E-state index in [1.165, 1.54) is 25.8 Å². The summed E-state index contributed by atoms with van der Waals surface area (Å²) in [6.45, 7) is 2.93. The third-order valence-electron chi connectivity index (χ3n) is 4.35. The summed E-state index contributed by atoms with van der Waals surface area (Å²) < 4.78 is 5.71. The number of rotatable bonds is 5. The highest BCUT2D eigenvalue weighted by molar-refractivity contribution is 6.58. The number of hydrogen-bond donors (Lipinski definition) is 2. The van der Waals surface area contributed by atoms with Crippen LogP contribution in [0.15, 0.2) is 24.3 Å². The molecule has 1 aromatic rings. The molecule has 19 heavy (non-hydrogen) atoms. The lowest BCUT2D eigenvalue weighted by molar-refractivity contribution is 0.172. The third kappa shape index (κ3) is 2.94. The van der Waals surface area contributed by atoms with Crippen molar-refractivity contribution in [3.05, 3.63) is 24.3 Å². The summed E-state index contributed by atoms with van der Waals surface area (Å²) in [5.74, 6) is 1.71. The molecule has 1 aliphatic carbocycles. The molecule has 0 spiro atoms. The molecule has 2 unspecified atom stereocenters. The predicted octanol–water partition coefficient (Wildman–Crippen LogP) is 0.229. The molecule has 0 radical (unpaired) electrons. The molecule has 2 bridgehead atoms. The molecule has 5 heteroatoms. The Morgan fingerprint density at radius 1 is 1.21 bits per heavy atom. The molecule has 102 valence electrons. The van der Waals surface area contributed by atoms with Crippen molar-refractivity contribution in [3.8, 4) is 5.75 Å². The molecule has 1 saturated heterocycles. The van der Waals surface area contributed by atoms with Gasteiger partial charge in [0.25, 0.3) is 0 Å². The first-order chi connectivity index (χ1) is 9.22. The number of likely N-dealkylation sites (tertiary alicyclic amines) is 1. The van der Waals surface area contributed by atoms with Crippen molar-refractivity contribution in [1.82, 2.24) is 4.90 Å². The summed E-state index contributed by atoms with van der Waals surface area (Å²) in [4.78, 5) is 2.54. The first-order valence-electron chi connectivity index (χ1n) is 7.05. The molecule has 0 amide bonds. The Hall–Kier alpha value is -1.04. The summed E-state index contributed by atoms with van der Waals surface area (Å²) in [6.07, 6.45) is 4.14. The largest absolute Gasteiger partial charge is 0.492 e. The first-order valence-corrected chi connectivity index (χ1v) is 7.05. The standard InChI is InChI=1S/C14H20BNO3/c17-15(18)12-2-5-14(6-3-12)19-8-7-16-10-11-1-4-13(16)9-11/h2-3,5-6,11,13,17-18H,1,4,7-10H2. The lowest BCUT2D eigenvalue weighted by Gasteiger charge is -2.26. The fourth-order valence-electron chi connectivity index (χ4n) is 3.32. The minimum Gasteiger partial charge on any atom is -0.492 e. The van der Waals surface area contributed by atoms with Crippen LogP contribution in [0.1, 0.15) is 19.3 Å². The van der Waals surface area contributed by atoms with Crippen molar-refractivity contribution in [3.63, 3.8) is 0 Å². The van der Waals surface area contributed by atoms with Crippen molar-refractivity contribution < 1.29 is 14.8 Å². The van der Waals surface area contributed by atoms with E-state index in [9.17, 15) is 0 Å². The molecule has 4 nitrogen and oxygen atoms in total. The molecule has 2 atom stereocenters. The highest BCUT2D eigenvalue weighted by Gasteiger charge is 2.37. The maximum absolute atomic E-state index is 9.00. The van der Waals surface area contributed by atoms with Crippen LogP contribution in [0, 0.1) is 5.92 Å². The number of ether oxygens (including phenoxy) is 1. The van der Waals surface area contributed by atoms with Crippen LogP contribution in [-0.2, 0) is 0 Å². The predicted molar refractivity (Wildman–Crippen MR) is 74.5 cm³/mol. The highest BCUT2D eigenvalue weighted by atomic mass is 16.5. The number of fused-ring (bicyclic) bond motifs is 2. The summed E-state index contributed by atoms with van der Waals surface area (Å²) in [5.41, 5.74) is 0.490. The van der Waals surface area contributed by atoms with Crippen molar-refractivity contribution in [1.29, 1.82) is 0 Å². The highest BCUT2D eigenvalue weighted by Crippen LogP contribution is 2.36. The Bertz CT molecular complexity index is 423. The van der Waals surface area contributed by atoms with Gasteiger partial charge >= 0.3 is 7.12 Å². The molecule has 2 aliphatic rings. The number of hydrogen-bond acceptors (Lipinski definition) is 4. The molecule has 2 fully saturated rings. The Morgan fingerprint density at radius 3 is 2.58 bits per heavy atom. The van der Waals surface area contributed by atoms with Crippen LogP contribution in [-0.4, -0.2) is 47.8 Å². The lowest BCUT2D eigenvalue weighted by atomic mass is 9.80. The van der Waals surface area contributed by atoms with Gasteiger partial charge in [0.2, 0.25) is 0 Å². The van der Waals surface area contributed by atoms with Gasteiger partial charge < -0.3 is 14.8 Å². The van der Waals surface area contributed by atoms with Gasteiger partial charge in [-0.3, -0.25) is 4.90 Å². The number of nitrogens with zero attached hydrogens (tertiary/aromatic N) is 1. The second-order valence-corrected chi connectivity index (χ2v) is 5.62. The zero-order valence-corrected chi connectivity index (χ0v) is 11.0. The normalized spacial score (nSPS) is 25.8. The van der Waals surface area contributed by atoms with Gasteiger partial charge in [-0.15, -0.1) is 0 Å². The molecule has 1 heterocycles. The zero-order valence-electron chi connectivity index (χ0n) is 11.0. The minimum absolute atomic E-state index is 0.490. The van der Waals surface area contributed by atoms with Crippen LogP contribution >= 0.6 is 0 Å². The summed E-state index contributed by atoms with van der Waals surface area (Å²) in [7, 11) is -1.41. The van der Waals surface area contributed by atoms with E-state index < -0.39 is 7.12 Å². The van der Waals surface area contributed by atoms with Crippen LogP contribution in [0.2, 0.25) is 0 Å². The Labute approximate surface area is 114 Å². The van der Waals surface area contributed by atoms with E-state index in [4.69, 9.17) is 14.8 Å². The first kappa shape index (κ1) is 13.0. The molecular weight excluding hydrogens is 241 g/mol. The van der Waals surface area contributed by atoms with Crippen molar-refractivity contribution in [2.24, 2.45) is 5.92 Å². The quantitative estimate of drug-likeness (QED) is 0.745. The van der Waals surface area contributed by atoms with Crippen LogP contribution in [0.5, 0.6) is 5.75 Å². The molecule has 3 rings (SSSR count). The smallest absolute Gasteiger partial charge is 0.488 e. The van der Waals surface area contributed by atoms with E-state index in [-0.39, 0.29) is 0 Å². The summed E-state index contributed by atoms with van der Waals surface area (Å²) in [5, 5.41) is 18.0. The van der Waals surface area contributed by atoms with Crippen molar-refractivity contribution in [2.75, 3.05) is 19.7 Å². The van der Waals surface area contributed by atoms with Gasteiger partial charge in [-0.05, 0) is 42.8 Å². The van der Waals surface area contributed by atoms with Gasteiger partial charge in [-0.1, -0.05) is 12.1 Å². The second kappa shape index (κ2) is 5.53. The monoisotopic (exact) mass is 261 g/mol. The van der Waals surface area contributed by atoms with Crippen LogP contribution < -0.4 is 10.2 Å². The van der Waals surface area contributed by atoms with Crippen LogP contribution in [0.4, 0.5) is 0 Å². The van der Waals surface area contributed by atoms with E-state index in [1.807, 2.05) is 0 Å². The zero-order chi connectivity index (χ0) is 13.2. The average Bonchev–Trinajstić information content (AvgIpc) is 3.02. The molecule has 1 saturated carbocycles. The molecule has 2 N–H and O–H groups in total. The van der Waals surface area contributed by atoms with Crippen LogP contribution in [0.3, 0.4) is 0 Å². The third-order valence-corrected chi connectivity index (χ3v) is 4.35. The number of piperidine rings is 1. The molecule has 1 aliphatic heterocycles. The topological polar surface area (TPSA) is 52.9 Å². The Kier molecular flexibility index (Phi) is 3.77. The van der Waals surface area contributed by atoms with Gasteiger partial charge in [0.05, 0.1) is 0 Å². The maximum Gasteiger partial charge on any atom is 0.488 e. The van der Waals surface area contributed by atoms with Gasteiger partial charge in [0.1, 0.15) is 12.4 Å². The maximum atomic E-state index is 9.00. The molecule has 0 aromatic heterocycles. The molecule has 1 aromatic carbocycles. The van der Waals surface area contributed by atoms with Gasteiger partial charge in [0.15, 0.2) is 0 Å². The average molecular weight is 261 g/mol. The fourth-order valence-corrected chi connectivity index (χ4v) is 3.32. The van der Waals surface area contributed by atoms with E-state index in [1.54, 1.807) is 24.3 Å². The van der Waals surface area contributed by atoms with Gasteiger partial charge in [-0.2, -0.15) is 0 Å². The van der Waals surface area contributed by atoms with Crippen molar-refractivity contribution in [2.45, 2.75) is 25.3 Å². The second-order valence-electron chi connectivity index (χ2n) is 5.62. The summed E-state index contributed by atoms with van der Waals surface area (Å²) in [6, 6.07) is 7.71. The van der Waals surface area contributed by atoms with Crippen LogP contribution in [0.25, 0.3) is 0 Å². The fraction of sp³-hybridized carbons (Fsp3) is 0.571. The minimum atomic E-state index is -1.41. The van der Waals surface area contributed by atoms with E-state index in [0.717, 1.165) is 24.3 Å².